The van der Waals surface area contributed by atoms with E-state index in [9.17, 15) is 5.11 Å². The summed E-state index contributed by atoms with van der Waals surface area (Å²) in [6.07, 6.45) is 1.23. The van der Waals surface area contributed by atoms with Crippen molar-refractivity contribution in [1.29, 1.82) is 0 Å². The molecule has 4 nitrogen and oxygen atoms in total. The van der Waals surface area contributed by atoms with Crippen molar-refractivity contribution in [2.75, 3.05) is 13.2 Å². The Balaban J connectivity index is 1.70. The van der Waals surface area contributed by atoms with Gasteiger partial charge in [0.25, 0.3) is 0 Å². The Hall–Kier alpha value is -0.950. The molecule has 1 aromatic heterocycles. The SMILES string of the molecule is CC(NCC(O)COc1ccc(Br)cc1)c1nccs1. The summed E-state index contributed by atoms with van der Waals surface area (Å²) in [5, 5.41) is 16.1. The Kier molecular flexibility index (Phi) is 5.97. The summed E-state index contributed by atoms with van der Waals surface area (Å²) in [6.45, 7) is 2.76. The molecule has 108 valence electrons. The van der Waals surface area contributed by atoms with E-state index in [-0.39, 0.29) is 12.6 Å². The molecule has 20 heavy (non-hydrogen) atoms. The van der Waals surface area contributed by atoms with Gasteiger partial charge in [-0.2, -0.15) is 0 Å². The summed E-state index contributed by atoms with van der Waals surface area (Å²) in [7, 11) is 0. The van der Waals surface area contributed by atoms with Crippen LogP contribution in [0.2, 0.25) is 0 Å². The minimum absolute atomic E-state index is 0.136. The van der Waals surface area contributed by atoms with Crippen LogP contribution < -0.4 is 10.1 Å². The van der Waals surface area contributed by atoms with E-state index in [0.29, 0.717) is 6.54 Å². The average molecular weight is 357 g/mol. The number of hydrogen-bond acceptors (Lipinski definition) is 5. The number of rotatable bonds is 7. The van der Waals surface area contributed by atoms with Crippen LogP contribution in [0.5, 0.6) is 5.75 Å². The summed E-state index contributed by atoms with van der Waals surface area (Å²) >= 11 is 4.97. The number of benzene rings is 1. The fourth-order valence-corrected chi connectivity index (χ4v) is 2.57. The van der Waals surface area contributed by atoms with Gasteiger partial charge in [-0.3, -0.25) is 0 Å². The first-order chi connectivity index (χ1) is 9.65. The van der Waals surface area contributed by atoms with Crippen molar-refractivity contribution in [3.63, 3.8) is 0 Å². The fourth-order valence-electron chi connectivity index (χ4n) is 1.63. The Morgan fingerprint density at radius 3 is 2.80 bits per heavy atom. The maximum Gasteiger partial charge on any atom is 0.119 e. The second-order valence-corrected chi connectivity index (χ2v) is 6.26. The summed E-state index contributed by atoms with van der Waals surface area (Å²) in [6, 6.07) is 7.68. The van der Waals surface area contributed by atoms with Crippen LogP contribution in [-0.4, -0.2) is 29.3 Å². The first-order valence-corrected chi connectivity index (χ1v) is 8.01. The van der Waals surface area contributed by atoms with Crippen molar-refractivity contribution < 1.29 is 9.84 Å². The smallest absolute Gasteiger partial charge is 0.119 e. The Morgan fingerprint density at radius 2 is 2.15 bits per heavy atom. The van der Waals surface area contributed by atoms with Gasteiger partial charge in [0.1, 0.15) is 23.5 Å². The monoisotopic (exact) mass is 356 g/mol. The van der Waals surface area contributed by atoms with Crippen LogP contribution in [0.4, 0.5) is 0 Å². The van der Waals surface area contributed by atoms with Crippen molar-refractivity contribution in [2.24, 2.45) is 0 Å². The van der Waals surface area contributed by atoms with Crippen molar-refractivity contribution in [1.82, 2.24) is 10.3 Å². The molecule has 0 saturated carbocycles. The fraction of sp³-hybridized carbons (Fsp3) is 0.357. The molecule has 2 unspecified atom stereocenters. The number of aromatic nitrogens is 1. The molecule has 0 aliphatic heterocycles. The summed E-state index contributed by atoms with van der Waals surface area (Å²) in [4.78, 5) is 4.23. The molecule has 0 fully saturated rings. The highest BCUT2D eigenvalue weighted by molar-refractivity contribution is 9.10. The lowest BCUT2D eigenvalue weighted by Gasteiger charge is -2.16. The lowest BCUT2D eigenvalue weighted by molar-refractivity contribution is 0.104. The van der Waals surface area contributed by atoms with Gasteiger partial charge in [-0.15, -0.1) is 11.3 Å². The summed E-state index contributed by atoms with van der Waals surface area (Å²) in [5.74, 6) is 0.750. The van der Waals surface area contributed by atoms with Crippen molar-refractivity contribution in [2.45, 2.75) is 19.1 Å². The highest BCUT2D eigenvalue weighted by Gasteiger charge is 2.11. The van der Waals surface area contributed by atoms with Crippen LogP contribution in [-0.2, 0) is 0 Å². The number of nitrogens with one attached hydrogen (secondary N) is 1. The quantitative estimate of drug-likeness (QED) is 0.800. The second-order valence-electron chi connectivity index (χ2n) is 4.42. The minimum Gasteiger partial charge on any atom is -0.491 e. The van der Waals surface area contributed by atoms with Gasteiger partial charge in [-0.1, -0.05) is 15.9 Å². The van der Waals surface area contributed by atoms with Crippen molar-refractivity contribution in [3.05, 3.63) is 45.3 Å². The number of ether oxygens (including phenoxy) is 1. The zero-order valence-electron chi connectivity index (χ0n) is 11.1. The van der Waals surface area contributed by atoms with Crippen LogP contribution in [0, 0.1) is 0 Å². The zero-order valence-corrected chi connectivity index (χ0v) is 13.5. The number of nitrogens with zero attached hydrogens (tertiary/aromatic N) is 1. The molecule has 0 radical (unpaired) electrons. The van der Waals surface area contributed by atoms with Gasteiger partial charge >= 0.3 is 0 Å². The van der Waals surface area contributed by atoms with Gasteiger partial charge < -0.3 is 15.2 Å². The highest BCUT2D eigenvalue weighted by Crippen LogP contribution is 2.16. The maximum atomic E-state index is 9.90. The second kappa shape index (κ2) is 7.73. The van der Waals surface area contributed by atoms with Crippen LogP contribution in [0.25, 0.3) is 0 Å². The number of hydrogen-bond donors (Lipinski definition) is 2. The number of thiazole rings is 1. The van der Waals surface area contributed by atoms with Gasteiger partial charge in [0.2, 0.25) is 0 Å². The maximum absolute atomic E-state index is 9.90. The molecule has 2 N–H and O–H groups in total. The van der Waals surface area contributed by atoms with Crippen LogP contribution in [0.1, 0.15) is 18.0 Å². The highest BCUT2D eigenvalue weighted by atomic mass is 79.9. The summed E-state index contributed by atoms with van der Waals surface area (Å²) in [5.41, 5.74) is 0. The molecule has 0 bridgehead atoms. The molecule has 2 aromatic rings. The third-order valence-corrected chi connectivity index (χ3v) is 4.22. The van der Waals surface area contributed by atoms with E-state index in [0.717, 1.165) is 15.2 Å². The third-order valence-electron chi connectivity index (χ3n) is 2.74. The Labute approximate surface area is 130 Å². The lowest BCUT2D eigenvalue weighted by atomic mass is 10.3. The molecule has 0 saturated heterocycles. The number of halogens is 1. The first kappa shape index (κ1) is 15.4. The molecule has 1 aromatic carbocycles. The van der Waals surface area contributed by atoms with Crippen LogP contribution in [0.15, 0.2) is 40.3 Å². The van der Waals surface area contributed by atoms with E-state index in [4.69, 9.17) is 4.74 Å². The molecule has 1 heterocycles. The molecular weight excluding hydrogens is 340 g/mol. The van der Waals surface area contributed by atoms with Gasteiger partial charge in [0, 0.05) is 22.6 Å². The van der Waals surface area contributed by atoms with Gasteiger partial charge in [0.05, 0.1) is 6.04 Å². The Bertz CT molecular complexity index is 504. The largest absolute Gasteiger partial charge is 0.491 e. The van der Waals surface area contributed by atoms with E-state index < -0.39 is 6.10 Å². The molecule has 0 amide bonds. The van der Waals surface area contributed by atoms with E-state index in [1.165, 1.54) is 0 Å². The topological polar surface area (TPSA) is 54.4 Å². The predicted octanol–water partition coefficient (Wildman–Crippen LogP) is 3.00. The number of aliphatic hydroxyl groups is 1. The van der Waals surface area contributed by atoms with Crippen LogP contribution in [0.3, 0.4) is 0 Å². The molecule has 0 aliphatic rings. The minimum atomic E-state index is -0.555. The van der Waals surface area contributed by atoms with Gasteiger partial charge in [-0.05, 0) is 31.2 Å². The normalized spacial score (nSPS) is 13.9. The van der Waals surface area contributed by atoms with Crippen molar-refractivity contribution >= 4 is 27.3 Å². The average Bonchev–Trinajstić information content (AvgIpc) is 2.98. The van der Waals surface area contributed by atoms with E-state index in [1.54, 1.807) is 17.5 Å². The molecule has 0 aliphatic carbocycles. The Morgan fingerprint density at radius 1 is 1.40 bits per heavy atom. The number of aliphatic hydroxyl groups excluding tert-OH is 1. The van der Waals surface area contributed by atoms with E-state index in [2.05, 4.69) is 26.2 Å². The van der Waals surface area contributed by atoms with E-state index in [1.807, 2.05) is 36.6 Å². The van der Waals surface area contributed by atoms with E-state index >= 15 is 0 Å². The molecule has 0 spiro atoms. The van der Waals surface area contributed by atoms with Gasteiger partial charge in [-0.25, -0.2) is 4.98 Å². The molecule has 2 rings (SSSR count). The van der Waals surface area contributed by atoms with Crippen molar-refractivity contribution in [3.8, 4) is 5.75 Å². The van der Waals surface area contributed by atoms with Crippen LogP contribution >= 0.6 is 27.3 Å². The molecule has 6 heteroatoms. The first-order valence-electron chi connectivity index (χ1n) is 6.34. The predicted molar refractivity (Wildman–Crippen MR) is 84.2 cm³/mol. The standard InChI is InChI=1S/C14H17BrN2O2S/c1-10(14-16-6-7-20-14)17-8-12(18)9-19-13-4-2-11(15)3-5-13/h2-7,10,12,17-18H,8-9H2,1H3. The third kappa shape index (κ3) is 4.86. The van der Waals surface area contributed by atoms with Gasteiger partial charge in [0.15, 0.2) is 0 Å². The zero-order chi connectivity index (χ0) is 14.4. The summed E-state index contributed by atoms with van der Waals surface area (Å²) < 4.78 is 6.53. The molecule has 2 atom stereocenters. The molecular formula is C14H17BrN2O2S. The lowest BCUT2D eigenvalue weighted by Crippen LogP contribution is -2.33.